The Hall–Kier alpha value is -1.88. The molecule has 0 spiro atoms. The number of hydrogen-bond donors (Lipinski definition) is 2. The molecule has 0 radical (unpaired) electrons. The number of benzene rings is 1. The molecule has 2 aromatic rings. The van der Waals surface area contributed by atoms with Gasteiger partial charge in [0, 0.05) is 17.2 Å². The second kappa shape index (κ2) is 8.21. The van der Waals surface area contributed by atoms with Gasteiger partial charge in [0.05, 0.1) is 17.5 Å². The van der Waals surface area contributed by atoms with Crippen LogP contribution in [0.5, 0.6) is 11.5 Å². The van der Waals surface area contributed by atoms with Gasteiger partial charge in [0.1, 0.15) is 9.84 Å². The third kappa shape index (κ3) is 5.07. The number of rotatable bonds is 6. The smallest absolute Gasteiger partial charge is 0.243 e. The SMILES string of the molecule is CS(=O)(=O)CCC(N)C(=O)Nc1nc(-c2ccc3c(c2)OCO3)cs1.Cl. The van der Waals surface area contributed by atoms with Gasteiger partial charge in [0.25, 0.3) is 0 Å². The lowest BCUT2D eigenvalue weighted by Gasteiger charge is -2.09. The van der Waals surface area contributed by atoms with Crippen LogP contribution in [-0.2, 0) is 14.6 Å². The van der Waals surface area contributed by atoms with Crippen LogP contribution < -0.4 is 20.5 Å². The molecule has 1 aromatic heterocycles. The molecular formula is C15H18ClN3O5S2. The summed E-state index contributed by atoms with van der Waals surface area (Å²) in [6.45, 7) is 0.197. The highest BCUT2D eigenvalue weighted by Crippen LogP contribution is 2.36. The van der Waals surface area contributed by atoms with Gasteiger partial charge in [-0.05, 0) is 24.6 Å². The number of carbonyl (C=O) groups excluding carboxylic acids is 1. The summed E-state index contributed by atoms with van der Waals surface area (Å²) in [5.74, 6) is 0.737. The minimum atomic E-state index is -3.16. The van der Waals surface area contributed by atoms with Crippen molar-refractivity contribution in [3.05, 3.63) is 23.6 Å². The first-order valence-electron chi connectivity index (χ1n) is 7.41. The number of aromatic nitrogens is 1. The Morgan fingerprint density at radius 1 is 1.38 bits per heavy atom. The highest BCUT2D eigenvalue weighted by atomic mass is 35.5. The predicted octanol–water partition coefficient (Wildman–Crippen LogP) is 1.66. The van der Waals surface area contributed by atoms with Gasteiger partial charge in [0.15, 0.2) is 16.6 Å². The molecule has 0 fully saturated rings. The number of nitrogens with zero attached hydrogens (tertiary/aromatic N) is 1. The van der Waals surface area contributed by atoms with Crippen LogP contribution in [0.1, 0.15) is 6.42 Å². The van der Waals surface area contributed by atoms with E-state index in [0.717, 1.165) is 11.8 Å². The van der Waals surface area contributed by atoms with Crippen molar-refractivity contribution in [2.24, 2.45) is 5.73 Å². The summed E-state index contributed by atoms with van der Waals surface area (Å²) in [7, 11) is -3.16. The number of ether oxygens (including phenoxy) is 2. The molecule has 0 aliphatic carbocycles. The van der Waals surface area contributed by atoms with Gasteiger partial charge >= 0.3 is 0 Å². The Bertz CT molecular complexity index is 900. The number of fused-ring (bicyclic) bond motifs is 1. The minimum absolute atomic E-state index is 0. The Morgan fingerprint density at radius 2 is 2.12 bits per heavy atom. The second-order valence-electron chi connectivity index (χ2n) is 5.62. The van der Waals surface area contributed by atoms with Gasteiger partial charge in [-0.15, -0.1) is 23.7 Å². The molecular weight excluding hydrogens is 402 g/mol. The summed E-state index contributed by atoms with van der Waals surface area (Å²) in [6, 6.07) is 4.57. The van der Waals surface area contributed by atoms with Crippen LogP contribution in [0.25, 0.3) is 11.3 Å². The normalized spacial score (nSPS) is 13.8. The fourth-order valence-electron chi connectivity index (χ4n) is 2.19. The Morgan fingerprint density at radius 3 is 2.85 bits per heavy atom. The van der Waals surface area contributed by atoms with Crippen LogP contribution in [0.4, 0.5) is 5.13 Å². The van der Waals surface area contributed by atoms with E-state index >= 15 is 0 Å². The van der Waals surface area contributed by atoms with E-state index in [1.165, 1.54) is 11.3 Å². The molecule has 1 aliphatic rings. The van der Waals surface area contributed by atoms with Crippen LogP contribution in [0.15, 0.2) is 23.6 Å². The van der Waals surface area contributed by atoms with Gasteiger partial charge in [-0.3, -0.25) is 4.79 Å². The summed E-state index contributed by atoms with van der Waals surface area (Å²) in [6.07, 6.45) is 1.17. The lowest BCUT2D eigenvalue weighted by Crippen LogP contribution is -2.37. The molecule has 0 bridgehead atoms. The summed E-state index contributed by atoms with van der Waals surface area (Å²) < 4.78 is 32.9. The highest BCUT2D eigenvalue weighted by molar-refractivity contribution is 7.90. The number of anilines is 1. The first kappa shape index (κ1) is 20.4. The molecule has 1 amide bonds. The maximum atomic E-state index is 12.0. The van der Waals surface area contributed by atoms with Crippen LogP contribution in [-0.4, -0.2) is 44.2 Å². The molecule has 0 saturated heterocycles. The van der Waals surface area contributed by atoms with Crippen molar-refractivity contribution in [3.63, 3.8) is 0 Å². The van der Waals surface area contributed by atoms with E-state index in [1.54, 1.807) is 11.4 Å². The van der Waals surface area contributed by atoms with Gasteiger partial charge in [-0.25, -0.2) is 13.4 Å². The molecule has 8 nitrogen and oxygen atoms in total. The van der Waals surface area contributed by atoms with E-state index in [-0.39, 0.29) is 31.4 Å². The summed E-state index contributed by atoms with van der Waals surface area (Å²) in [5.41, 5.74) is 7.24. The number of nitrogens with one attached hydrogen (secondary N) is 1. The highest BCUT2D eigenvalue weighted by Gasteiger charge is 2.18. The number of amides is 1. The second-order valence-corrected chi connectivity index (χ2v) is 8.74. The largest absolute Gasteiger partial charge is 0.454 e. The van der Waals surface area contributed by atoms with Gasteiger partial charge in [0.2, 0.25) is 12.7 Å². The summed E-state index contributed by atoms with van der Waals surface area (Å²) in [4.78, 5) is 16.4. The molecule has 3 N–H and O–H groups in total. The standard InChI is InChI=1S/C15H17N3O5S2.ClH/c1-25(20,21)5-4-10(16)14(19)18-15-17-11(7-24-15)9-2-3-12-13(6-9)23-8-22-12;/h2-3,6-7,10H,4-5,8,16H2,1H3,(H,17,18,19);1H. The molecule has 0 saturated carbocycles. The third-order valence-corrected chi connectivity index (χ3v) is 5.27. The van der Waals surface area contributed by atoms with Crippen molar-refractivity contribution in [3.8, 4) is 22.8 Å². The van der Waals surface area contributed by atoms with E-state index in [2.05, 4.69) is 10.3 Å². The number of nitrogens with two attached hydrogens (primary N) is 1. The van der Waals surface area contributed by atoms with E-state index in [0.29, 0.717) is 22.3 Å². The van der Waals surface area contributed by atoms with E-state index in [1.807, 2.05) is 12.1 Å². The maximum absolute atomic E-state index is 12.0. The molecule has 1 aromatic carbocycles. The van der Waals surface area contributed by atoms with Gasteiger partial charge in [-0.2, -0.15) is 0 Å². The van der Waals surface area contributed by atoms with Crippen molar-refractivity contribution >= 4 is 44.6 Å². The van der Waals surface area contributed by atoms with E-state index in [9.17, 15) is 13.2 Å². The maximum Gasteiger partial charge on any atom is 0.243 e. The van der Waals surface area contributed by atoms with Crippen LogP contribution >= 0.6 is 23.7 Å². The first-order chi connectivity index (χ1) is 11.8. The Balaban J connectivity index is 0.00000243. The van der Waals surface area contributed by atoms with Crippen LogP contribution in [0.3, 0.4) is 0 Å². The number of sulfone groups is 1. The van der Waals surface area contributed by atoms with E-state index in [4.69, 9.17) is 15.2 Å². The fraction of sp³-hybridized carbons (Fsp3) is 0.333. The topological polar surface area (TPSA) is 121 Å². The van der Waals surface area contributed by atoms with Gasteiger partial charge < -0.3 is 20.5 Å². The zero-order valence-electron chi connectivity index (χ0n) is 13.8. The Labute approximate surface area is 161 Å². The number of halogens is 1. The molecule has 1 unspecified atom stereocenters. The fourth-order valence-corrected chi connectivity index (χ4v) is 3.59. The van der Waals surface area contributed by atoms with Crippen LogP contribution in [0.2, 0.25) is 0 Å². The summed E-state index contributed by atoms with van der Waals surface area (Å²) in [5, 5.41) is 4.81. The molecule has 1 atom stereocenters. The zero-order valence-corrected chi connectivity index (χ0v) is 16.2. The monoisotopic (exact) mass is 419 g/mol. The lowest BCUT2D eigenvalue weighted by atomic mass is 10.1. The number of hydrogen-bond acceptors (Lipinski definition) is 8. The van der Waals surface area contributed by atoms with Crippen molar-refractivity contribution in [1.29, 1.82) is 0 Å². The van der Waals surface area contributed by atoms with Crippen molar-refractivity contribution in [1.82, 2.24) is 4.98 Å². The predicted molar refractivity (Wildman–Crippen MR) is 102 cm³/mol. The van der Waals surface area contributed by atoms with Crippen LogP contribution in [0, 0.1) is 0 Å². The number of thiazole rings is 1. The Kier molecular flexibility index (Phi) is 6.45. The molecule has 3 rings (SSSR count). The molecule has 26 heavy (non-hydrogen) atoms. The van der Waals surface area contributed by atoms with Gasteiger partial charge in [-0.1, -0.05) is 0 Å². The summed E-state index contributed by atoms with van der Waals surface area (Å²) >= 11 is 1.26. The average Bonchev–Trinajstić information content (AvgIpc) is 3.19. The van der Waals surface area contributed by atoms with E-state index < -0.39 is 21.8 Å². The quantitative estimate of drug-likeness (QED) is 0.730. The third-order valence-electron chi connectivity index (χ3n) is 3.54. The number of carbonyl (C=O) groups is 1. The minimum Gasteiger partial charge on any atom is -0.454 e. The molecule has 11 heteroatoms. The zero-order chi connectivity index (χ0) is 18.0. The molecule has 142 valence electrons. The molecule has 2 heterocycles. The average molecular weight is 420 g/mol. The van der Waals surface area contributed by atoms with Crippen molar-refractivity contribution < 1.29 is 22.7 Å². The first-order valence-corrected chi connectivity index (χ1v) is 10.4. The van der Waals surface area contributed by atoms with Crippen molar-refractivity contribution in [2.45, 2.75) is 12.5 Å². The molecule has 1 aliphatic heterocycles. The lowest BCUT2D eigenvalue weighted by molar-refractivity contribution is -0.117. The van der Waals surface area contributed by atoms with Crippen molar-refractivity contribution in [2.75, 3.05) is 24.1 Å².